The highest BCUT2D eigenvalue weighted by Crippen LogP contribution is 2.44. The zero-order chi connectivity index (χ0) is 11.6. The summed E-state index contributed by atoms with van der Waals surface area (Å²) >= 11 is 0. The van der Waals surface area contributed by atoms with E-state index in [9.17, 15) is 30.7 Å². The van der Waals surface area contributed by atoms with Crippen molar-refractivity contribution in [3.63, 3.8) is 0 Å². The standard InChI is InChI=1S/C6H6F7N/c1-2-3-14-6(12,13)4(7,8)5(9,10)11/h2,14H,1,3H2. The Labute approximate surface area is 74.6 Å². The molecule has 8 heteroatoms. The second-order valence-electron chi connectivity index (χ2n) is 2.32. The highest BCUT2D eigenvalue weighted by atomic mass is 19.4. The summed E-state index contributed by atoms with van der Waals surface area (Å²) in [6.45, 7) is 2.02. The van der Waals surface area contributed by atoms with Gasteiger partial charge in [-0.05, 0) is 0 Å². The Morgan fingerprint density at radius 1 is 1.00 bits per heavy atom. The molecule has 1 nitrogen and oxygen atoms in total. The van der Waals surface area contributed by atoms with Gasteiger partial charge in [0.25, 0.3) is 0 Å². The van der Waals surface area contributed by atoms with Crippen molar-refractivity contribution in [2.24, 2.45) is 0 Å². The van der Waals surface area contributed by atoms with Crippen LogP contribution in [-0.2, 0) is 0 Å². The molecule has 0 unspecified atom stereocenters. The number of rotatable bonds is 4. The highest BCUT2D eigenvalue weighted by Gasteiger charge is 2.72. The fourth-order valence-electron chi connectivity index (χ4n) is 0.489. The van der Waals surface area contributed by atoms with Crippen LogP contribution in [0.25, 0.3) is 0 Å². The van der Waals surface area contributed by atoms with Gasteiger partial charge in [0.15, 0.2) is 0 Å². The average Bonchev–Trinajstić information content (AvgIpc) is 1.98. The van der Waals surface area contributed by atoms with Gasteiger partial charge in [-0.3, -0.25) is 0 Å². The predicted molar refractivity (Wildman–Crippen MR) is 34.1 cm³/mol. The van der Waals surface area contributed by atoms with E-state index in [0.29, 0.717) is 0 Å². The molecule has 0 heterocycles. The molecule has 0 aliphatic rings. The molecule has 0 aliphatic carbocycles. The largest absolute Gasteiger partial charge is 0.461 e. The van der Waals surface area contributed by atoms with Gasteiger partial charge in [0.1, 0.15) is 0 Å². The SMILES string of the molecule is C=CCNC(F)(F)C(F)(F)C(F)(F)F. The van der Waals surface area contributed by atoms with Crippen LogP contribution in [0.4, 0.5) is 30.7 Å². The van der Waals surface area contributed by atoms with E-state index in [1.165, 1.54) is 0 Å². The molecule has 0 aromatic heterocycles. The van der Waals surface area contributed by atoms with Crippen LogP contribution < -0.4 is 5.32 Å². The number of alkyl halides is 7. The van der Waals surface area contributed by atoms with Crippen LogP contribution in [0.1, 0.15) is 0 Å². The van der Waals surface area contributed by atoms with Gasteiger partial charge in [0.05, 0.1) is 0 Å². The first-order chi connectivity index (χ1) is 6.06. The Kier molecular flexibility index (Phi) is 3.54. The van der Waals surface area contributed by atoms with Gasteiger partial charge < -0.3 is 0 Å². The summed E-state index contributed by atoms with van der Waals surface area (Å²) in [6, 6.07) is -5.35. The summed E-state index contributed by atoms with van der Waals surface area (Å²) in [5, 5.41) is 0.734. The molecule has 0 rings (SSSR count). The maximum Gasteiger partial charge on any atom is 0.461 e. The molecule has 0 radical (unpaired) electrons. The van der Waals surface area contributed by atoms with E-state index in [-0.39, 0.29) is 0 Å². The van der Waals surface area contributed by atoms with Crippen molar-refractivity contribution in [3.8, 4) is 0 Å². The molecule has 84 valence electrons. The molecular formula is C6H6F7N. The van der Waals surface area contributed by atoms with Gasteiger partial charge in [-0.2, -0.15) is 30.7 Å². The van der Waals surface area contributed by atoms with Crippen LogP contribution in [0.2, 0.25) is 0 Å². The zero-order valence-electron chi connectivity index (χ0n) is 6.64. The van der Waals surface area contributed by atoms with E-state index in [0.717, 1.165) is 11.4 Å². The third kappa shape index (κ3) is 2.37. The van der Waals surface area contributed by atoms with Crippen LogP contribution in [0.3, 0.4) is 0 Å². The van der Waals surface area contributed by atoms with Crippen LogP contribution in [0.5, 0.6) is 0 Å². The Morgan fingerprint density at radius 3 is 1.71 bits per heavy atom. The predicted octanol–water partition coefficient (Wildman–Crippen LogP) is 2.55. The maximum absolute atomic E-state index is 12.3. The normalized spacial score (nSPS) is 14.2. The third-order valence-electron chi connectivity index (χ3n) is 1.22. The molecule has 0 amide bonds. The number of nitrogens with one attached hydrogen (secondary N) is 1. The van der Waals surface area contributed by atoms with Crippen LogP contribution >= 0.6 is 0 Å². The molecule has 14 heavy (non-hydrogen) atoms. The lowest BCUT2D eigenvalue weighted by molar-refractivity contribution is -0.361. The van der Waals surface area contributed by atoms with E-state index in [4.69, 9.17) is 0 Å². The summed E-state index contributed by atoms with van der Waals surface area (Å²) in [5.41, 5.74) is 0. The van der Waals surface area contributed by atoms with E-state index in [2.05, 4.69) is 6.58 Å². The van der Waals surface area contributed by atoms with E-state index in [1.54, 1.807) is 0 Å². The number of hydrogen-bond donors (Lipinski definition) is 1. The maximum atomic E-state index is 12.3. The highest BCUT2D eigenvalue weighted by molar-refractivity contribution is 4.90. The summed E-state index contributed by atoms with van der Waals surface area (Å²) in [6.07, 6.45) is -5.56. The summed E-state index contributed by atoms with van der Waals surface area (Å²) in [4.78, 5) is 0. The average molecular weight is 225 g/mol. The van der Waals surface area contributed by atoms with Gasteiger partial charge in [-0.15, -0.1) is 6.58 Å². The minimum atomic E-state index is -6.30. The van der Waals surface area contributed by atoms with Crippen molar-refractivity contribution in [1.29, 1.82) is 0 Å². The number of hydrogen-bond acceptors (Lipinski definition) is 1. The summed E-state index contributed by atoms with van der Waals surface area (Å²) in [5.74, 6) is -6.11. The van der Waals surface area contributed by atoms with Crippen LogP contribution in [-0.4, -0.2) is 24.7 Å². The minimum absolute atomic E-state index is 0.734. The minimum Gasteiger partial charge on any atom is -0.249 e. The smallest absolute Gasteiger partial charge is 0.249 e. The van der Waals surface area contributed by atoms with Gasteiger partial charge in [-0.25, -0.2) is 5.32 Å². The lowest BCUT2D eigenvalue weighted by Crippen LogP contribution is -2.59. The molecular weight excluding hydrogens is 219 g/mol. The Bertz CT molecular complexity index is 207. The van der Waals surface area contributed by atoms with Crippen LogP contribution in [0.15, 0.2) is 12.7 Å². The van der Waals surface area contributed by atoms with Gasteiger partial charge in [-0.1, -0.05) is 6.08 Å². The molecule has 0 aromatic rings. The molecule has 0 atom stereocenters. The topological polar surface area (TPSA) is 12.0 Å². The second-order valence-corrected chi connectivity index (χ2v) is 2.32. The van der Waals surface area contributed by atoms with Crippen molar-refractivity contribution in [1.82, 2.24) is 5.32 Å². The lowest BCUT2D eigenvalue weighted by atomic mass is 10.2. The first-order valence-electron chi connectivity index (χ1n) is 3.24. The molecule has 0 bridgehead atoms. The molecule has 0 aliphatic heterocycles. The Balaban J connectivity index is 4.77. The quantitative estimate of drug-likeness (QED) is 0.440. The third-order valence-corrected chi connectivity index (χ3v) is 1.22. The molecule has 0 aromatic carbocycles. The van der Waals surface area contributed by atoms with E-state index < -0.39 is 24.7 Å². The van der Waals surface area contributed by atoms with Crippen molar-refractivity contribution >= 4 is 0 Å². The molecule has 1 N–H and O–H groups in total. The van der Waals surface area contributed by atoms with Crippen molar-refractivity contribution in [3.05, 3.63) is 12.7 Å². The van der Waals surface area contributed by atoms with Gasteiger partial charge in [0, 0.05) is 6.54 Å². The first kappa shape index (κ1) is 13.2. The monoisotopic (exact) mass is 225 g/mol. The Morgan fingerprint density at radius 2 is 1.43 bits per heavy atom. The fraction of sp³-hybridized carbons (Fsp3) is 0.667. The van der Waals surface area contributed by atoms with E-state index >= 15 is 0 Å². The van der Waals surface area contributed by atoms with Crippen LogP contribution in [0, 0.1) is 0 Å². The van der Waals surface area contributed by atoms with Gasteiger partial charge in [0.2, 0.25) is 0 Å². The van der Waals surface area contributed by atoms with Crippen molar-refractivity contribution < 1.29 is 30.7 Å². The second kappa shape index (κ2) is 3.76. The number of halogens is 7. The molecule has 0 fully saturated rings. The molecule has 0 spiro atoms. The van der Waals surface area contributed by atoms with Gasteiger partial charge >= 0.3 is 18.1 Å². The summed E-state index contributed by atoms with van der Waals surface area (Å²) in [7, 11) is 0. The molecule has 0 saturated carbocycles. The molecule has 0 saturated heterocycles. The summed E-state index contributed by atoms with van der Waals surface area (Å²) < 4.78 is 83.0. The van der Waals surface area contributed by atoms with Crippen molar-refractivity contribution in [2.45, 2.75) is 18.1 Å². The van der Waals surface area contributed by atoms with E-state index in [1.807, 2.05) is 0 Å². The first-order valence-corrected chi connectivity index (χ1v) is 3.24. The van der Waals surface area contributed by atoms with Crippen molar-refractivity contribution in [2.75, 3.05) is 6.54 Å². The Hall–Kier alpha value is -0.790. The fourth-order valence-corrected chi connectivity index (χ4v) is 0.489. The zero-order valence-corrected chi connectivity index (χ0v) is 6.64. The lowest BCUT2D eigenvalue weighted by Gasteiger charge is -2.28.